The third-order valence-electron chi connectivity index (χ3n) is 1.85. The summed E-state index contributed by atoms with van der Waals surface area (Å²) in [4.78, 5) is 15.6. The van der Waals surface area contributed by atoms with E-state index in [2.05, 4.69) is 26.0 Å². The van der Waals surface area contributed by atoms with Crippen molar-refractivity contribution in [2.45, 2.75) is 6.92 Å². The van der Waals surface area contributed by atoms with E-state index in [1.54, 1.807) is 19.3 Å². The van der Waals surface area contributed by atoms with E-state index in [-0.39, 0.29) is 17.3 Å². The van der Waals surface area contributed by atoms with Crippen molar-refractivity contribution >= 4 is 39.1 Å². The number of hydrogen-bond acceptors (Lipinski definition) is 4. The first kappa shape index (κ1) is 11.3. The molecule has 0 N–H and O–H groups in total. The minimum Gasteiger partial charge on any atom is -0.461 e. The molecule has 2 aromatic heterocycles. The summed E-state index contributed by atoms with van der Waals surface area (Å²) in [6.45, 7) is 2.00. The van der Waals surface area contributed by atoms with Crippen LogP contribution in [0.3, 0.4) is 0 Å². The van der Waals surface area contributed by atoms with E-state index < -0.39 is 5.97 Å². The van der Waals surface area contributed by atoms with E-state index in [0.29, 0.717) is 5.65 Å². The minimum atomic E-state index is -0.547. The van der Waals surface area contributed by atoms with Crippen molar-refractivity contribution in [1.82, 2.24) is 14.6 Å². The van der Waals surface area contributed by atoms with Gasteiger partial charge in [-0.05, 0) is 22.9 Å². The number of ether oxygens (including phenoxy) is 1. The molecule has 0 aliphatic heterocycles. The molecule has 0 fully saturated rings. The summed E-state index contributed by atoms with van der Waals surface area (Å²) in [6.07, 6.45) is 3.24. The third-order valence-corrected chi connectivity index (χ3v) is 2.61. The van der Waals surface area contributed by atoms with Crippen LogP contribution in [0.25, 0.3) is 5.65 Å². The highest BCUT2D eigenvalue weighted by atomic mass is 79.9. The summed E-state index contributed by atoms with van der Waals surface area (Å²) in [5.74, 6) is -0.547. The topological polar surface area (TPSA) is 56.5 Å². The first-order valence-electron chi connectivity index (χ1n) is 4.50. The van der Waals surface area contributed by atoms with Crippen molar-refractivity contribution in [3.8, 4) is 0 Å². The summed E-state index contributed by atoms with van der Waals surface area (Å²) < 4.78 is 7.00. The molecule has 0 aliphatic rings. The average Bonchev–Trinajstić information content (AvgIpc) is 2.56. The average molecular weight is 305 g/mol. The number of fused-ring (bicyclic) bond motifs is 1. The minimum absolute atomic E-state index is 0.0779. The molecule has 16 heavy (non-hydrogen) atoms. The Kier molecular flexibility index (Phi) is 3.11. The lowest BCUT2D eigenvalue weighted by molar-refractivity contribution is 0.0519. The van der Waals surface area contributed by atoms with E-state index in [4.69, 9.17) is 16.3 Å². The molecule has 2 aromatic rings. The van der Waals surface area contributed by atoms with Crippen LogP contribution in [0.4, 0.5) is 0 Å². The standard InChI is InChI=1S/C9H7BrClN3O2/c1-2-16-9(15)7-6(11)8-12-3-5(10)4-14(8)13-7/h3-4H,2H2,1H3. The van der Waals surface area contributed by atoms with Gasteiger partial charge in [0.05, 0.1) is 11.1 Å². The van der Waals surface area contributed by atoms with Crippen molar-refractivity contribution in [2.75, 3.05) is 6.61 Å². The van der Waals surface area contributed by atoms with Crippen LogP contribution in [0.15, 0.2) is 16.9 Å². The number of halogens is 2. The maximum Gasteiger partial charge on any atom is 0.360 e. The Bertz CT molecular complexity index is 555. The van der Waals surface area contributed by atoms with Crippen molar-refractivity contribution in [2.24, 2.45) is 0 Å². The second-order valence-electron chi connectivity index (χ2n) is 2.92. The first-order chi connectivity index (χ1) is 7.63. The Morgan fingerprint density at radius 3 is 3.12 bits per heavy atom. The molecule has 0 radical (unpaired) electrons. The Balaban J connectivity index is 2.55. The summed E-state index contributed by atoms with van der Waals surface area (Å²) >= 11 is 9.23. The van der Waals surface area contributed by atoms with Crippen LogP contribution in [-0.4, -0.2) is 27.2 Å². The van der Waals surface area contributed by atoms with Gasteiger partial charge < -0.3 is 4.74 Å². The molecule has 2 rings (SSSR count). The van der Waals surface area contributed by atoms with E-state index in [1.165, 1.54) is 4.52 Å². The highest BCUT2D eigenvalue weighted by Crippen LogP contribution is 2.22. The highest BCUT2D eigenvalue weighted by molar-refractivity contribution is 9.10. The van der Waals surface area contributed by atoms with Gasteiger partial charge in [-0.15, -0.1) is 0 Å². The van der Waals surface area contributed by atoms with Crippen molar-refractivity contribution in [1.29, 1.82) is 0 Å². The SMILES string of the molecule is CCOC(=O)c1nn2cc(Br)cnc2c1Cl. The Morgan fingerprint density at radius 1 is 1.69 bits per heavy atom. The number of hydrogen-bond donors (Lipinski definition) is 0. The van der Waals surface area contributed by atoms with Gasteiger partial charge in [0.15, 0.2) is 11.3 Å². The Labute approximate surface area is 104 Å². The lowest BCUT2D eigenvalue weighted by Crippen LogP contribution is -2.06. The van der Waals surface area contributed by atoms with Crippen LogP contribution in [0.2, 0.25) is 5.02 Å². The monoisotopic (exact) mass is 303 g/mol. The highest BCUT2D eigenvalue weighted by Gasteiger charge is 2.19. The molecule has 0 aromatic carbocycles. The molecule has 0 saturated carbocycles. The third kappa shape index (κ3) is 1.90. The summed E-state index contributed by atoms with van der Waals surface area (Å²) in [7, 11) is 0. The normalized spacial score (nSPS) is 10.7. The van der Waals surface area contributed by atoms with Crippen LogP contribution in [0.5, 0.6) is 0 Å². The van der Waals surface area contributed by atoms with Gasteiger partial charge in [-0.3, -0.25) is 0 Å². The summed E-state index contributed by atoms with van der Waals surface area (Å²) in [5.41, 5.74) is 0.502. The van der Waals surface area contributed by atoms with E-state index >= 15 is 0 Å². The van der Waals surface area contributed by atoms with Gasteiger partial charge >= 0.3 is 5.97 Å². The molecule has 0 saturated heterocycles. The predicted octanol–water partition coefficient (Wildman–Crippen LogP) is 2.32. The quantitative estimate of drug-likeness (QED) is 0.799. The summed E-state index contributed by atoms with van der Waals surface area (Å²) in [5, 5.41) is 4.21. The zero-order chi connectivity index (χ0) is 11.7. The van der Waals surface area contributed by atoms with Crippen LogP contribution >= 0.6 is 27.5 Å². The number of carbonyl (C=O) groups excluding carboxylic acids is 1. The largest absolute Gasteiger partial charge is 0.461 e. The molecule has 0 amide bonds. The lowest BCUT2D eigenvalue weighted by atomic mass is 10.4. The molecule has 2 heterocycles. The fourth-order valence-electron chi connectivity index (χ4n) is 1.21. The number of esters is 1. The lowest BCUT2D eigenvalue weighted by Gasteiger charge is -1.96. The fourth-order valence-corrected chi connectivity index (χ4v) is 1.76. The zero-order valence-corrected chi connectivity index (χ0v) is 10.6. The van der Waals surface area contributed by atoms with Crippen LogP contribution in [0, 0.1) is 0 Å². The van der Waals surface area contributed by atoms with Crippen molar-refractivity contribution < 1.29 is 9.53 Å². The molecule has 84 valence electrons. The van der Waals surface area contributed by atoms with Gasteiger partial charge in [-0.1, -0.05) is 11.6 Å². The molecule has 0 aliphatic carbocycles. The van der Waals surface area contributed by atoms with Gasteiger partial charge in [0.25, 0.3) is 0 Å². The van der Waals surface area contributed by atoms with Crippen molar-refractivity contribution in [3.63, 3.8) is 0 Å². The Hall–Kier alpha value is -1.14. The molecule has 0 unspecified atom stereocenters. The fraction of sp³-hybridized carbons (Fsp3) is 0.222. The molecule has 0 bridgehead atoms. The molecular weight excluding hydrogens is 297 g/mol. The van der Waals surface area contributed by atoms with Gasteiger partial charge in [0, 0.05) is 12.4 Å². The number of rotatable bonds is 2. The second-order valence-corrected chi connectivity index (χ2v) is 4.22. The maximum atomic E-state index is 11.5. The van der Waals surface area contributed by atoms with Gasteiger partial charge in [0.1, 0.15) is 5.02 Å². The maximum absolute atomic E-state index is 11.5. The van der Waals surface area contributed by atoms with Crippen LogP contribution in [-0.2, 0) is 4.74 Å². The smallest absolute Gasteiger partial charge is 0.360 e. The number of carbonyl (C=O) groups is 1. The molecule has 0 atom stereocenters. The Morgan fingerprint density at radius 2 is 2.44 bits per heavy atom. The summed E-state index contributed by atoms with van der Waals surface area (Å²) in [6, 6.07) is 0. The van der Waals surface area contributed by atoms with E-state index in [1.807, 2.05) is 0 Å². The number of aromatic nitrogens is 3. The van der Waals surface area contributed by atoms with Gasteiger partial charge in [0.2, 0.25) is 0 Å². The first-order valence-corrected chi connectivity index (χ1v) is 5.67. The molecule has 5 nitrogen and oxygen atoms in total. The van der Waals surface area contributed by atoms with Crippen molar-refractivity contribution in [3.05, 3.63) is 27.6 Å². The van der Waals surface area contributed by atoms with Gasteiger partial charge in [-0.25, -0.2) is 14.3 Å². The van der Waals surface area contributed by atoms with E-state index in [0.717, 1.165) is 4.47 Å². The van der Waals surface area contributed by atoms with Gasteiger partial charge in [-0.2, -0.15) is 5.10 Å². The molecule has 0 spiro atoms. The van der Waals surface area contributed by atoms with Crippen LogP contribution < -0.4 is 0 Å². The second kappa shape index (κ2) is 4.39. The molecule has 7 heteroatoms. The van der Waals surface area contributed by atoms with Crippen LogP contribution in [0.1, 0.15) is 17.4 Å². The zero-order valence-electron chi connectivity index (χ0n) is 8.28. The molecular formula is C9H7BrClN3O2. The van der Waals surface area contributed by atoms with E-state index in [9.17, 15) is 4.79 Å². The predicted molar refractivity (Wildman–Crippen MR) is 61.7 cm³/mol. The number of nitrogens with zero attached hydrogens (tertiary/aromatic N) is 3.